The molecular formula is C8H11ClS. The van der Waals surface area contributed by atoms with Crippen molar-refractivity contribution < 1.29 is 0 Å². The molecule has 0 aromatic carbocycles. The van der Waals surface area contributed by atoms with Crippen LogP contribution >= 0.6 is 23.4 Å². The van der Waals surface area contributed by atoms with Crippen LogP contribution in [0.5, 0.6) is 0 Å². The lowest BCUT2D eigenvalue weighted by molar-refractivity contribution is 0.704. The third kappa shape index (κ3) is 1.40. The Morgan fingerprint density at radius 3 is 2.60 bits per heavy atom. The largest absolute Gasteiger partial charge is 0.138 e. The molecule has 56 valence electrons. The Bertz CT molecular complexity index is 174. The van der Waals surface area contributed by atoms with E-state index in [4.69, 9.17) is 11.6 Å². The van der Waals surface area contributed by atoms with Gasteiger partial charge in [-0.15, -0.1) is 23.4 Å². The molecule has 0 amide bonds. The normalized spacial score (nSPS) is 38.5. The first kappa shape index (κ1) is 8.22. The highest BCUT2D eigenvalue weighted by atomic mass is 35.5. The predicted octanol–water partition coefficient (Wildman–Crippen LogP) is 3.05. The quantitative estimate of drug-likeness (QED) is 0.551. The van der Waals surface area contributed by atoms with Crippen LogP contribution in [0.2, 0.25) is 0 Å². The summed E-state index contributed by atoms with van der Waals surface area (Å²) in [5.74, 6) is 0.425. The third-order valence-corrected chi connectivity index (χ3v) is 3.83. The van der Waals surface area contributed by atoms with Gasteiger partial charge in [0.2, 0.25) is 0 Å². The van der Waals surface area contributed by atoms with Crippen molar-refractivity contribution in [3.8, 4) is 0 Å². The number of hydrogen-bond acceptors (Lipinski definition) is 1. The van der Waals surface area contributed by atoms with Crippen molar-refractivity contribution in [2.24, 2.45) is 5.92 Å². The van der Waals surface area contributed by atoms with E-state index in [0.717, 1.165) is 0 Å². The van der Waals surface area contributed by atoms with Gasteiger partial charge >= 0.3 is 0 Å². The molecule has 2 atom stereocenters. The second kappa shape index (κ2) is 3.02. The van der Waals surface area contributed by atoms with Crippen molar-refractivity contribution in [2.75, 3.05) is 6.26 Å². The summed E-state index contributed by atoms with van der Waals surface area (Å²) in [5, 5.41) is 0. The van der Waals surface area contributed by atoms with Crippen molar-refractivity contribution in [3.63, 3.8) is 0 Å². The summed E-state index contributed by atoms with van der Waals surface area (Å²) in [4.78, 5) is 0. The van der Waals surface area contributed by atoms with Gasteiger partial charge in [0.15, 0.2) is 0 Å². The number of halogens is 1. The topological polar surface area (TPSA) is 0 Å². The molecule has 10 heavy (non-hydrogen) atoms. The number of allylic oxidation sites excluding steroid dienone is 3. The fraction of sp³-hybridized carbons (Fsp3) is 0.500. The maximum absolute atomic E-state index is 6.23. The van der Waals surface area contributed by atoms with Crippen LogP contribution < -0.4 is 0 Å². The highest BCUT2D eigenvalue weighted by Crippen LogP contribution is 2.39. The van der Waals surface area contributed by atoms with Crippen LogP contribution in [0.3, 0.4) is 0 Å². The molecule has 0 N–H and O–H groups in total. The van der Waals surface area contributed by atoms with Crippen molar-refractivity contribution in [2.45, 2.75) is 11.1 Å². The molecule has 0 aromatic rings. The minimum absolute atomic E-state index is 0.200. The first-order valence-electron chi connectivity index (χ1n) is 3.29. The highest BCUT2D eigenvalue weighted by molar-refractivity contribution is 8.01. The lowest BCUT2D eigenvalue weighted by Crippen LogP contribution is -2.22. The van der Waals surface area contributed by atoms with E-state index in [1.807, 2.05) is 24.5 Å². The highest BCUT2D eigenvalue weighted by Gasteiger charge is 2.29. The van der Waals surface area contributed by atoms with E-state index in [2.05, 4.69) is 13.0 Å². The first-order chi connectivity index (χ1) is 4.69. The Kier molecular flexibility index (Phi) is 2.48. The molecule has 0 aliphatic heterocycles. The second-order valence-electron chi connectivity index (χ2n) is 2.43. The molecule has 0 radical (unpaired) electrons. The zero-order valence-corrected chi connectivity index (χ0v) is 7.75. The van der Waals surface area contributed by atoms with E-state index in [1.165, 1.54) is 0 Å². The Hall–Kier alpha value is 0.120. The Balaban J connectivity index is 2.77. The van der Waals surface area contributed by atoms with Crippen LogP contribution in [-0.4, -0.2) is 10.5 Å². The zero-order valence-electron chi connectivity index (χ0n) is 6.17. The molecule has 0 aromatic heterocycles. The van der Waals surface area contributed by atoms with Gasteiger partial charge in [0.1, 0.15) is 4.21 Å². The number of rotatable bonds is 1. The molecule has 0 bridgehead atoms. The van der Waals surface area contributed by atoms with E-state index in [9.17, 15) is 0 Å². The van der Waals surface area contributed by atoms with E-state index in [1.54, 1.807) is 11.8 Å². The maximum Gasteiger partial charge on any atom is 0.114 e. The zero-order chi connectivity index (χ0) is 7.61. The monoisotopic (exact) mass is 174 g/mol. The molecule has 2 heteroatoms. The Labute approximate surface area is 71.3 Å². The predicted molar refractivity (Wildman–Crippen MR) is 49.5 cm³/mol. The lowest BCUT2D eigenvalue weighted by atomic mass is 10.0. The first-order valence-corrected chi connectivity index (χ1v) is 4.89. The van der Waals surface area contributed by atoms with Gasteiger partial charge in [0.05, 0.1) is 0 Å². The Morgan fingerprint density at radius 1 is 1.50 bits per heavy atom. The second-order valence-corrected chi connectivity index (χ2v) is 4.37. The van der Waals surface area contributed by atoms with Crippen molar-refractivity contribution in [1.82, 2.24) is 0 Å². The maximum atomic E-state index is 6.23. The van der Waals surface area contributed by atoms with Crippen LogP contribution in [0.1, 0.15) is 6.92 Å². The van der Waals surface area contributed by atoms with Crippen molar-refractivity contribution >= 4 is 23.4 Å². The van der Waals surface area contributed by atoms with Crippen molar-refractivity contribution in [1.29, 1.82) is 0 Å². The summed E-state index contributed by atoms with van der Waals surface area (Å²) in [7, 11) is 0. The number of hydrogen-bond donors (Lipinski definition) is 0. The van der Waals surface area contributed by atoms with E-state index in [0.29, 0.717) is 5.92 Å². The van der Waals surface area contributed by atoms with Crippen molar-refractivity contribution in [3.05, 3.63) is 24.3 Å². The lowest BCUT2D eigenvalue weighted by Gasteiger charge is -2.27. The smallest absolute Gasteiger partial charge is 0.114 e. The van der Waals surface area contributed by atoms with Gasteiger partial charge in [0, 0.05) is 5.92 Å². The molecule has 0 fully saturated rings. The molecule has 0 saturated heterocycles. The number of thioether (sulfide) groups is 1. The fourth-order valence-electron chi connectivity index (χ4n) is 0.955. The van der Waals surface area contributed by atoms with Gasteiger partial charge in [-0.1, -0.05) is 31.2 Å². The molecule has 2 unspecified atom stereocenters. The molecule has 0 nitrogen and oxygen atoms in total. The van der Waals surface area contributed by atoms with Crippen LogP contribution in [0.15, 0.2) is 24.3 Å². The van der Waals surface area contributed by atoms with Gasteiger partial charge in [-0.25, -0.2) is 0 Å². The third-order valence-electron chi connectivity index (χ3n) is 1.77. The van der Waals surface area contributed by atoms with Crippen LogP contribution in [0, 0.1) is 5.92 Å². The average molecular weight is 175 g/mol. The van der Waals surface area contributed by atoms with Gasteiger partial charge in [0.25, 0.3) is 0 Å². The summed E-state index contributed by atoms with van der Waals surface area (Å²) < 4.78 is -0.200. The minimum atomic E-state index is -0.200. The Morgan fingerprint density at radius 2 is 2.20 bits per heavy atom. The van der Waals surface area contributed by atoms with Crippen LogP contribution in [0.25, 0.3) is 0 Å². The van der Waals surface area contributed by atoms with Gasteiger partial charge in [-0.05, 0) is 6.26 Å². The summed E-state index contributed by atoms with van der Waals surface area (Å²) in [5.41, 5.74) is 0. The van der Waals surface area contributed by atoms with E-state index >= 15 is 0 Å². The summed E-state index contributed by atoms with van der Waals surface area (Å²) in [6.07, 6.45) is 10.3. The van der Waals surface area contributed by atoms with Gasteiger partial charge < -0.3 is 0 Å². The molecule has 1 rings (SSSR count). The van der Waals surface area contributed by atoms with Crippen LogP contribution in [0.4, 0.5) is 0 Å². The standard InChI is InChI=1S/C8H11ClS/c1-7-5-3-4-6-8(7,9)10-2/h3-7H,1-2H3. The molecule has 1 aliphatic rings. The van der Waals surface area contributed by atoms with E-state index < -0.39 is 0 Å². The number of alkyl halides is 1. The minimum Gasteiger partial charge on any atom is -0.138 e. The summed E-state index contributed by atoms with van der Waals surface area (Å²) >= 11 is 7.92. The molecule has 0 saturated carbocycles. The summed E-state index contributed by atoms with van der Waals surface area (Å²) in [6.45, 7) is 2.13. The molecule has 1 aliphatic carbocycles. The molecular weight excluding hydrogens is 164 g/mol. The summed E-state index contributed by atoms with van der Waals surface area (Å²) in [6, 6.07) is 0. The van der Waals surface area contributed by atoms with Gasteiger partial charge in [-0.3, -0.25) is 0 Å². The van der Waals surface area contributed by atoms with Crippen LogP contribution in [-0.2, 0) is 0 Å². The molecule has 0 spiro atoms. The molecule has 0 heterocycles. The van der Waals surface area contributed by atoms with E-state index in [-0.39, 0.29) is 4.21 Å². The van der Waals surface area contributed by atoms with Gasteiger partial charge in [-0.2, -0.15) is 0 Å². The SMILES string of the molecule is CSC1(Cl)C=CC=CC1C. The average Bonchev–Trinajstić information content (AvgIpc) is 1.96. The fourth-order valence-corrected chi connectivity index (χ4v) is 1.76.